The van der Waals surface area contributed by atoms with Gasteiger partial charge in [-0.25, -0.2) is 4.98 Å². The van der Waals surface area contributed by atoms with Crippen molar-refractivity contribution in [3.63, 3.8) is 0 Å². The number of hydrogen-bond donors (Lipinski definition) is 2. The summed E-state index contributed by atoms with van der Waals surface area (Å²) in [6.45, 7) is 4.92. The van der Waals surface area contributed by atoms with E-state index in [4.69, 9.17) is 0 Å². The Balaban J connectivity index is 1.54. The third-order valence-corrected chi connectivity index (χ3v) is 4.34. The summed E-state index contributed by atoms with van der Waals surface area (Å²) in [5.74, 6) is 0.584. The van der Waals surface area contributed by atoms with Gasteiger partial charge in [-0.05, 0) is 19.4 Å². The number of amides is 2. The van der Waals surface area contributed by atoms with E-state index in [2.05, 4.69) is 15.3 Å². The van der Waals surface area contributed by atoms with Gasteiger partial charge in [-0.3, -0.25) is 9.59 Å². The molecule has 1 aliphatic heterocycles. The van der Waals surface area contributed by atoms with Crippen LogP contribution >= 0.6 is 0 Å². The van der Waals surface area contributed by atoms with E-state index in [0.717, 1.165) is 17.0 Å². The molecule has 2 N–H and O–H groups in total. The van der Waals surface area contributed by atoms with Crippen molar-refractivity contribution in [1.29, 1.82) is 0 Å². The van der Waals surface area contributed by atoms with E-state index in [9.17, 15) is 9.59 Å². The highest BCUT2D eigenvalue weighted by molar-refractivity contribution is 5.89. The first-order valence-electron chi connectivity index (χ1n) is 8.20. The summed E-state index contributed by atoms with van der Waals surface area (Å²) in [6.07, 6.45) is 3.81. The fraction of sp³-hybridized carbons (Fsp3) is 0.389. The number of carbonyl (C=O) groups excluding carboxylic acids is 2. The van der Waals surface area contributed by atoms with Crippen molar-refractivity contribution in [1.82, 2.24) is 20.2 Å². The van der Waals surface area contributed by atoms with Gasteiger partial charge in [-0.2, -0.15) is 0 Å². The number of carbonyl (C=O) groups is 2. The summed E-state index contributed by atoms with van der Waals surface area (Å²) >= 11 is 0. The van der Waals surface area contributed by atoms with Crippen LogP contribution in [0.25, 0.3) is 11.4 Å². The number of aromatic amines is 1. The monoisotopic (exact) mass is 326 g/mol. The minimum Gasteiger partial charge on any atom is -0.352 e. The summed E-state index contributed by atoms with van der Waals surface area (Å²) in [5, 5.41) is 2.93. The van der Waals surface area contributed by atoms with Gasteiger partial charge in [0.2, 0.25) is 11.8 Å². The zero-order valence-electron chi connectivity index (χ0n) is 14.0. The number of benzene rings is 1. The molecule has 0 radical (unpaired) electrons. The first-order chi connectivity index (χ1) is 11.5. The standard InChI is InChI=1S/C18H22N4O2/c1-12(2)22-11-15(9-16(22)23)18(24)21-10-13-3-5-14(6-4-13)17-19-7-8-20-17/h3-8,12,15H,9-11H2,1-2H3,(H,19,20)(H,21,24). The molecule has 3 rings (SSSR count). The maximum Gasteiger partial charge on any atom is 0.225 e. The molecule has 24 heavy (non-hydrogen) atoms. The van der Waals surface area contributed by atoms with Gasteiger partial charge in [0.05, 0.1) is 5.92 Å². The fourth-order valence-electron chi connectivity index (χ4n) is 2.94. The van der Waals surface area contributed by atoms with Gasteiger partial charge in [-0.15, -0.1) is 0 Å². The van der Waals surface area contributed by atoms with E-state index in [-0.39, 0.29) is 23.8 Å². The average Bonchev–Trinajstić information content (AvgIpc) is 3.22. The van der Waals surface area contributed by atoms with Crippen molar-refractivity contribution in [2.75, 3.05) is 6.54 Å². The lowest BCUT2D eigenvalue weighted by atomic mass is 10.1. The average molecular weight is 326 g/mol. The van der Waals surface area contributed by atoms with Crippen molar-refractivity contribution < 1.29 is 9.59 Å². The van der Waals surface area contributed by atoms with Crippen molar-refractivity contribution in [3.05, 3.63) is 42.2 Å². The number of H-pyrrole nitrogens is 1. The minimum atomic E-state index is -0.248. The smallest absolute Gasteiger partial charge is 0.225 e. The number of nitrogens with one attached hydrogen (secondary N) is 2. The number of nitrogens with zero attached hydrogens (tertiary/aromatic N) is 2. The highest BCUT2D eigenvalue weighted by atomic mass is 16.2. The van der Waals surface area contributed by atoms with Gasteiger partial charge in [0.1, 0.15) is 5.82 Å². The molecule has 1 aromatic carbocycles. The predicted octanol–water partition coefficient (Wildman–Crippen LogP) is 1.95. The Labute approximate surface area is 141 Å². The van der Waals surface area contributed by atoms with E-state index in [0.29, 0.717) is 19.5 Å². The lowest BCUT2D eigenvalue weighted by Gasteiger charge is -2.20. The van der Waals surface area contributed by atoms with Crippen LogP contribution in [0.1, 0.15) is 25.8 Å². The number of imidazole rings is 1. The molecule has 1 unspecified atom stereocenters. The quantitative estimate of drug-likeness (QED) is 0.881. The molecule has 126 valence electrons. The fourth-order valence-corrected chi connectivity index (χ4v) is 2.94. The van der Waals surface area contributed by atoms with Crippen molar-refractivity contribution >= 4 is 11.8 Å². The van der Waals surface area contributed by atoms with E-state index >= 15 is 0 Å². The molecular formula is C18H22N4O2. The highest BCUT2D eigenvalue weighted by Gasteiger charge is 2.35. The van der Waals surface area contributed by atoms with Crippen LogP contribution in [0.5, 0.6) is 0 Å². The molecule has 1 atom stereocenters. The molecule has 6 nitrogen and oxygen atoms in total. The second-order valence-electron chi connectivity index (χ2n) is 6.39. The van der Waals surface area contributed by atoms with E-state index in [1.54, 1.807) is 17.3 Å². The van der Waals surface area contributed by atoms with Crippen LogP contribution < -0.4 is 5.32 Å². The third kappa shape index (κ3) is 3.48. The SMILES string of the molecule is CC(C)N1CC(C(=O)NCc2ccc(-c3ncc[nH]3)cc2)CC1=O. The Hall–Kier alpha value is -2.63. The zero-order valence-corrected chi connectivity index (χ0v) is 14.0. The minimum absolute atomic E-state index is 0.0541. The number of rotatable bonds is 5. The first-order valence-corrected chi connectivity index (χ1v) is 8.20. The molecule has 0 saturated carbocycles. The molecule has 2 heterocycles. The Bertz CT molecular complexity index is 707. The van der Waals surface area contributed by atoms with Gasteiger partial charge in [-0.1, -0.05) is 24.3 Å². The maximum absolute atomic E-state index is 12.3. The Morgan fingerprint density at radius 2 is 2.12 bits per heavy atom. The molecule has 6 heteroatoms. The molecule has 1 saturated heterocycles. The molecule has 1 fully saturated rings. The summed E-state index contributed by atoms with van der Waals surface area (Å²) < 4.78 is 0. The van der Waals surface area contributed by atoms with Crippen molar-refractivity contribution in [2.24, 2.45) is 5.92 Å². The van der Waals surface area contributed by atoms with Crippen LogP contribution in [0, 0.1) is 5.92 Å². The second-order valence-corrected chi connectivity index (χ2v) is 6.39. The Kier molecular flexibility index (Phi) is 4.64. The highest BCUT2D eigenvalue weighted by Crippen LogP contribution is 2.20. The largest absolute Gasteiger partial charge is 0.352 e. The molecule has 0 aliphatic carbocycles. The van der Waals surface area contributed by atoms with E-state index in [1.807, 2.05) is 38.1 Å². The molecule has 0 bridgehead atoms. The van der Waals surface area contributed by atoms with Crippen molar-refractivity contribution in [3.8, 4) is 11.4 Å². The van der Waals surface area contributed by atoms with Gasteiger partial charge in [0, 0.05) is 43.5 Å². The lowest BCUT2D eigenvalue weighted by molar-refractivity contribution is -0.129. The molecule has 2 aromatic rings. The van der Waals surface area contributed by atoms with E-state index < -0.39 is 0 Å². The summed E-state index contributed by atoms with van der Waals surface area (Å²) in [4.78, 5) is 33.2. The van der Waals surface area contributed by atoms with Crippen LogP contribution in [0.4, 0.5) is 0 Å². The van der Waals surface area contributed by atoms with Gasteiger partial charge < -0.3 is 15.2 Å². The zero-order chi connectivity index (χ0) is 17.1. The predicted molar refractivity (Wildman–Crippen MR) is 90.8 cm³/mol. The van der Waals surface area contributed by atoms with Crippen LogP contribution in [0.3, 0.4) is 0 Å². The number of likely N-dealkylation sites (tertiary alicyclic amines) is 1. The van der Waals surface area contributed by atoms with Gasteiger partial charge in [0.15, 0.2) is 0 Å². The van der Waals surface area contributed by atoms with Gasteiger partial charge in [0.25, 0.3) is 0 Å². The molecule has 1 aromatic heterocycles. The summed E-state index contributed by atoms with van der Waals surface area (Å²) in [5.41, 5.74) is 2.02. The number of hydrogen-bond acceptors (Lipinski definition) is 3. The van der Waals surface area contributed by atoms with E-state index in [1.165, 1.54) is 0 Å². The summed E-state index contributed by atoms with van der Waals surface area (Å²) in [6, 6.07) is 8.03. The topological polar surface area (TPSA) is 78.1 Å². The second kappa shape index (κ2) is 6.86. The Morgan fingerprint density at radius 1 is 1.38 bits per heavy atom. The lowest BCUT2D eigenvalue weighted by Crippen LogP contribution is -2.35. The maximum atomic E-state index is 12.3. The molecule has 2 amide bonds. The number of aromatic nitrogens is 2. The van der Waals surface area contributed by atoms with Gasteiger partial charge >= 0.3 is 0 Å². The van der Waals surface area contributed by atoms with Crippen LogP contribution in [-0.2, 0) is 16.1 Å². The molecular weight excluding hydrogens is 304 g/mol. The van der Waals surface area contributed by atoms with Crippen LogP contribution in [0.2, 0.25) is 0 Å². The molecule has 1 aliphatic rings. The van der Waals surface area contributed by atoms with Crippen molar-refractivity contribution in [2.45, 2.75) is 32.9 Å². The van der Waals surface area contributed by atoms with Crippen LogP contribution in [-0.4, -0.2) is 39.3 Å². The summed E-state index contributed by atoms with van der Waals surface area (Å²) in [7, 11) is 0. The van der Waals surface area contributed by atoms with Crippen LogP contribution in [0.15, 0.2) is 36.7 Å². The third-order valence-electron chi connectivity index (χ3n) is 4.34. The first kappa shape index (κ1) is 16.2. The normalized spacial score (nSPS) is 17.5. The Morgan fingerprint density at radius 3 is 2.71 bits per heavy atom. The molecule has 0 spiro atoms.